The fourth-order valence-corrected chi connectivity index (χ4v) is 3.43. The zero-order valence-corrected chi connectivity index (χ0v) is 10.8. The SMILES string of the molecule is [c]1cc2[c]ccc3c4cccc5cccc(c(c1)c23)c54. The zero-order valence-electron chi connectivity index (χ0n) is 10.8. The van der Waals surface area contributed by atoms with Crippen LogP contribution in [0.25, 0.3) is 43.1 Å². The Morgan fingerprint density at radius 3 is 2.25 bits per heavy atom. The van der Waals surface area contributed by atoms with Crippen molar-refractivity contribution in [1.29, 1.82) is 0 Å². The first-order valence-corrected chi connectivity index (χ1v) is 6.80. The number of rotatable bonds is 0. The van der Waals surface area contributed by atoms with Crippen LogP contribution < -0.4 is 0 Å². The molecule has 0 nitrogen and oxygen atoms in total. The first-order valence-electron chi connectivity index (χ1n) is 6.80. The van der Waals surface area contributed by atoms with Crippen LogP contribution in [0.2, 0.25) is 0 Å². The Morgan fingerprint density at radius 2 is 1.40 bits per heavy atom. The molecule has 0 aliphatic carbocycles. The highest BCUT2D eigenvalue weighted by Gasteiger charge is 2.11. The van der Waals surface area contributed by atoms with Crippen molar-refractivity contribution < 1.29 is 0 Å². The van der Waals surface area contributed by atoms with Crippen molar-refractivity contribution in [3.05, 3.63) is 72.8 Å². The normalized spacial score (nSPS) is 12.0. The maximum atomic E-state index is 3.33. The van der Waals surface area contributed by atoms with Crippen molar-refractivity contribution in [3.8, 4) is 0 Å². The summed E-state index contributed by atoms with van der Waals surface area (Å²) >= 11 is 0. The Balaban J connectivity index is 2.32. The van der Waals surface area contributed by atoms with E-state index in [1.165, 1.54) is 37.7 Å². The second kappa shape index (κ2) is 3.49. The number of hydrogen-bond acceptors (Lipinski definition) is 0. The molecule has 0 atom stereocenters. The van der Waals surface area contributed by atoms with Crippen LogP contribution in [-0.2, 0) is 0 Å². The van der Waals surface area contributed by atoms with Crippen LogP contribution in [0.1, 0.15) is 0 Å². The smallest absolute Gasteiger partial charge is 0.00197 e. The van der Waals surface area contributed by atoms with Crippen LogP contribution in [0.15, 0.2) is 60.7 Å². The Labute approximate surface area is 116 Å². The third kappa shape index (κ3) is 1.12. The molecule has 0 saturated carbocycles. The molecular weight excluding hydrogens is 240 g/mol. The quantitative estimate of drug-likeness (QED) is 0.257. The van der Waals surface area contributed by atoms with Gasteiger partial charge >= 0.3 is 0 Å². The molecule has 0 fully saturated rings. The van der Waals surface area contributed by atoms with Gasteiger partial charge in [0.1, 0.15) is 0 Å². The van der Waals surface area contributed by atoms with Crippen molar-refractivity contribution in [2.75, 3.05) is 0 Å². The van der Waals surface area contributed by atoms with E-state index in [1.807, 2.05) is 12.1 Å². The average Bonchev–Trinajstić information content (AvgIpc) is 2.52. The molecule has 0 spiro atoms. The summed E-state index contributed by atoms with van der Waals surface area (Å²) in [4.78, 5) is 0. The summed E-state index contributed by atoms with van der Waals surface area (Å²) < 4.78 is 0. The number of fused-ring (bicyclic) bond motifs is 2. The lowest BCUT2D eigenvalue weighted by atomic mass is 9.90. The Bertz CT molecular complexity index is 917. The highest BCUT2D eigenvalue weighted by molar-refractivity contribution is 6.32. The molecule has 0 N–H and O–H groups in total. The van der Waals surface area contributed by atoms with Gasteiger partial charge in [0, 0.05) is 0 Å². The minimum atomic E-state index is 1.14. The lowest BCUT2D eigenvalue weighted by molar-refractivity contribution is 1.77. The third-order valence-electron chi connectivity index (χ3n) is 4.24. The predicted octanol–water partition coefficient (Wildman–Crippen LogP) is 5.34. The van der Waals surface area contributed by atoms with E-state index in [0.717, 1.165) is 5.39 Å². The van der Waals surface area contributed by atoms with E-state index in [-0.39, 0.29) is 0 Å². The molecule has 90 valence electrons. The Morgan fingerprint density at radius 1 is 0.650 bits per heavy atom. The van der Waals surface area contributed by atoms with E-state index in [2.05, 4.69) is 60.7 Å². The van der Waals surface area contributed by atoms with Gasteiger partial charge < -0.3 is 0 Å². The molecule has 2 radical (unpaired) electrons. The van der Waals surface area contributed by atoms with Crippen LogP contribution in [0, 0.1) is 12.1 Å². The van der Waals surface area contributed by atoms with Crippen LogP contribution in [0.3, 0.4) is 0 Å². The van der Waals surface area contributed by atoms with Gasteiger partial charge in [-0.15, -0.1) is 0 Å². The molecule has 0 aromatic heterocycles. The van der Waals surface area contributed by atoms with Crippen LogP contribution >= 0.6 is 0 Å². The number of benzene rings is 5. The van der Waals surface area contributed by atoms with Crippen molar-refractivity contribution in [1.82, 2.24) is 0 Å². The number of hydrogen-bond donors (Lipinski definition) is 0. The van der Waals surface area contributed by atoms with Gasteiger partial charge in [0.25, 0.3) is 0 Å². The van der Waals surface area contributed by atoms with Crippen LogP contribution in [-0.4, -0.2) is 0 Å². The molecule has 0 aliphatic heterocycles. The topological polar surface area (TPSA) is 0 Å². The summed E-state index contributed by atoms with van der Waals surface area (Å²) in [6.07, 6.45) is 0. The highest BCUT2D eigenvalue weighted by atomic mass is 14.1. The van der Waals surface area contributed by atoms with Gasteiger partial charge in [-0.3, -0.25) is 0 Å². The molecule has 0 saturated heterocycles. The van der Waals surface area contributed by atoms with E-state index in [1.54, 1.807) is 0 Å². The van der Waals surface area contributed by atoms with E-state index in [9.17, 15) is 0 Å². The van der Waals surface area contributed by atoms with Crippen molar-refractivity contribution in [2.24, 2.45) is 0 Å². The molecule has 5 rings (SSSR count). The minimum Gasteiger partial charge on any atom is -0.0610 e. The lowest BCUT2D eigenvalue weighted by Gasteiger charge is -2.13. The first-order chi connectivity index (χ1) is 9.93. The first kappa shape index (κ1) is 10.2. The molecule has 0 heterocycles. The maximum Gasteiger partial charge on any atom is -0.00197 e. The molecular formula is C20H10. The van der Waals surface area contributed by atoms with E-state index in [4.69, 9.17) is 0 Å². The average molecular weight is 250 g/mol. The summed E-state index contributed by atoms with van der Waals surface area (Å²) in [5.41, 5.74) is 0. The fourth-order valence-electron chi connectivity index (χ4n) is 3.43. The van der Waals surface area contributed by atoms with Gasteiger partial charge in [0.15, 0.2) is 0 Å². The van der Waals surface area contributed by atoms with Crippen LogP contribution in [0.4, 0.5) is 0 Å². The summed E-state index contributed by atoms with van der Waals surface area (Å²) in [6, 6.07) is 28.0. The third-order valence-corrected chi connectivity index (χ3v) is 4.24. The van der Waals surface area contributed by atoms with Crippen LogP contribution in [0.5, 0.6) is 0 Å². The molecule has 0 bridgehead atoms. The Kier molecular flexibility index (Phi) is 1.78. The largest absolute Gasteiger partial charge is 0.0610 e. The van der Waals surface area contributed by atoms with Gasteiger partial charge in [0.05, 0.1) is 0 Å². The van der Waals surface area contributed by atoms with Gasteiger partial charge in [-0.05, 0) is 67.4 Å². The Hall–Kier alpha value is -2.60. The molecule has 5 aromatic carbocycles. The summed E-state index contributed by atoms with van der Waals surface area (Å²) in [6.45, 7) is 0. The highest BCUT2D eigenvalue weighted by Crippen LogP contribution is 2.39. The van der Waals surface area contributed by atoms with Crippen molar-refractivity contribution in [3.63, 3.8) is 0 Å². The van der Waals surface area contributed by atoms with Crippen molar-refractivity contribution >= 4 is 43.1 Å². The molecule has 0 aliphatic rings. The zero-order chi connectivity index (χ0) is 13.1. The van der Waals surface area contributed by atoms with Gasteiger partial charge in [-0.1, -0.05) is 48.5 Å². The van der Waals surface area contributed by atoms with Gasteiger partial charge in [0.2, 0.25) is 0 Å². The molecule has 0 amide bonds. The summed E-state index contributed by atoms with van der Waals surface area (Å²) in [5, 5.41) is 10.3. The van der Waals surface area contributed by atoms with Gasteiger partial charge in [-0.25, -0.2) is 0 Å². The fraction of sp³-hybridized carbons (Fsp3) is 0. The summed E-state index contributed by atoms with van der Waals surface area (Å²) in [5.74, 6) is 0. The summed E-state index contributed by atoms with van der Waals surface area (Å²) in [7, 11) is 0. The standard InChI is InChI=1S/C20H10/c1-5-13-6-2-11-17-18-12-4-8-14-7-3-10-16(20(14)18)15(9-1)19(13)17/h1-3,5-6,8-12H. The molecule has 5 aromatic rings. The van der Waals surface area contributed by atoms with Crippen molar-refractivity contribution in [2.45, 2.75) is 0 Å². The second-order valence-corrected chi connectivity index (χ2v) is 5.26. The predicted molar refractivity (Wildman–Crippen MR) is 85.3 cm³/mol. The maximum absolute atomic E-state index is 3.33. The molecule has 20 heavy (non-hydrogen) atoms. The van der Waals surface area contributed by atoms with E-state index in [0.29, 0.717) is 0 Å². The van der Waals surface area contributed by atoms with E-state index < -0.39 is 0 Å². The van der Waals surface area contributed by atoms with Gasteiger partial charge in [-0.2, -0.15) is 0 Å². The lowest BCUT2D eigenvalue weighted by Crippen LogP contribution is -1.86. The van der Waals surface area contributed by atoms with E-state index >= 15 is 0 Å². The molecule has 0 heteroatoms. The second-order valence-electron chi connectivity index (χ2n) is 5.26. The minimum absolute atomic E-state index is 1.14. The molecule has 0 unspecified atom stereocenters. The monoisotopic (exact) mass is 250 g/mol.